The van der Waals surface area contributed by atoms with Crippen molar-refractivity contribution < 1.29 is 60.2 Å². The van der Waals surface area contributed by atoms with E-state index in [9.17, 15) is 35.9 Å². The number of carboxylic acid groups (broad SMARTS) is 2. The fourth-order valence-electron chi connectivity index (χ4n) is 3.65. The minimum absolute atomic E-state index is 0.135. The molecule has 2 amide bonds. The van der Waals surface area contributed by atoms with Crippen LogP contribution < -0.4 is 10.2 Å². The molecule has 0 aliphatic heterocycles. The van der Waals surface area contributed by atoms with E-state index in [1.165, 1.54) is 11.2 Å². The number of carboxylic acids is 2. The quantitative estimate of drug-likeness (QED) is 0.198. The molecular formula is C31H28F6N4O7. The molecule has 0 saturated carbocycles. The van der Waals surface area contributed by atoms with Crippen LogP contribution in [0.4, 0.5) is 32.0 Å². The van der Waals surface area contributed by atoms with Crippen molar-refractivity contribution in [1.29, 1.82) is 0 Å². The average Bonchev–Trinajstić information content (AvgIpc) is 3.55. The highest BCUT2D eigenvalue weighted by Crippen LogP contribution is 2.32. The van der Waals surface area contributed by atoms with E-state index in [1.807, 2.05) is 57.2 Å². The molecule has 1 atom stereocenters. The molecule has 3 N–H and O–H groups in total. The summed E-state index contributed by atoms with van der Waals surface area (Å²) in [6.07, 6.45) is -2.05. The summed E-state index contributed by atoms with van der Waals surface area (Å²) in [7, 11) is 0. The Hall–Kier alpha value is -5.74. The topological polar surface area (TPSA) is 163 Å². The largest absolute Gasteiger partial charge is 0.490 e. The first-order valence-corrected chi connectivity index (χ1v) is 13.4. The van der Waals surface area contributed by atoms with Crippen molar-refractivity contribution >= 4 is 29.4 Å². The zero-order chi connectivity index (χ0) is 36.3. The number of rotatable bonds is 6. The SMILES string of the molecule is CC(C)(C)NC(=O)C(c1cccnc1)N(C(=O)c1ccco1)c1ccc(-c2ccncc2)cc1.O=C(O)C(F)(F)F.O=C(O)C(F)(F)F. The Morgan fingerprint density at radius 1 is 0.750 bits per heavy atom. The Balaban J connectivity index is 0.000000479. The molecule has 0 saturated heterocycles. The molecule has 0 bridgehead atoms. The van der Waals surface area contributed by atoms with Gasteiger partial charge in [0.15, 0.2) is 5.76 Å². The van der Waals surface area contributed by atoms with E-state index >= 15 is 0 Å². The number of carbonyl (C=O) groups is 4. The van der Waals surface area contributed by atoms with Crippen LogP contribution in [0.3, 0.4) is 0 Å². The Morgan fingerprint density at radius 2 is 1.27 bits per heavy atom. The van der Waals surface area contributed by atoms with Gasteiger partial charge in [-0.25, -0.2) is 9.59 Å². The second-order valence-electron chi connectivity index (χ2n) is 10.5. The van der Waals surface area contributed by atoms with Crippen LogP contribution in [0, 0.1) is 0 Å². The van der Waals surface area contributed by atoms with Crippen LogP contribution in [0.1, 0.15) is 42.9 Å². The minimum Gasteiger partial charge on any atom is -0.475 e. The Kier molecular flexibility index (Phi) is 13.0. The Morgan fingerprint density at radius 3 is 1.69 bits per heavy atom. The Bertz CT molecular complexity index is 1620. The van der Waals surface area contributed by atoms with Crippen molar-refractivity contribution in [3.8, 4) is 11.1 Å². The van der Waals surface area contributed by atoms with Gasteiger partial charge in [-0.3, -0.25) is 24.5 Å². The third-order valence-electron chi connectivity index (χ3n) is 5.60. The zero-order valence-electron chi connectivity index (χ0n) is 25.3. The van der Waals surface area contributed by atoms with Gasteiger partial charge in [0.05, 0.1) is 6.26 Å². The van der Waals surface area contributed by atoms with E-state index in [1.54, 1.807) is 49.1 Å². The van der Waals surface area contributed by atoms with Crippen molar-refractivity contribution in [3.05, 3.63) is 103 Å². The van der Waals surface area contributed by atoms with Crippen LogP contribution in [0.25, 0.3) is 11.1 Å². The van der Waals surface area contributed by atoms with E-state index in [2.05, 4.69) is 15.3 Å². The van der Waals surface area contributed by atoms with E-state index in [-0.39, 0.29) is 11.7 Å². The van der Waals surface area contributed by atoms with Crippen LogP contribution in [0.2, 0.25) is 0 Å². The molecule has 17 heteroatoms. The van der Waals surface area contributed by atoms with Crippen molar-refractivity contribution in [3.63, 3.8) is 0 Å². The fraction of sp³-hybridized carbons (Fsp3) is 0.226. The van der Waals surface area contributed by atoms with Crippen molar-refractivity contribution in [2.45, 2.75) is 44.7 Å². The summed E-state index contributed by atoms with van der Waals surface area (Å²) >= 11 is 0. The predicted molar refractivity (Wildman–Crippen MR) is 157 cm³/mol. The number of carbonyl (C=O) groups excluding carboxylic acids is 2. The Labute approximate surface area is 268 Å². The predicted octanol–water partition coefficient (Wildman–Crippen LogP) is 6.31. The van der Waals surface area contributed by atoms with Crippen LogP contribution >= 0.6 is 0 Å². The van der Waals surface area contributed by atoms with Gasteiger partial charge in [-0.15, -0.1) is 0 Å². The van der Waals surface area contributed by atoms with E-state index < -0.39 is 41.8 Å². The number of nitrogens with zero attached hydrogens (tertiary/aromatic N) is 3. The van der Waals surface area contributed by atoms with Crippen LogP contribution in [-0.4, -0.2) is 61.8 Å². The number of hydrogen-bond donors (Lipinski definition) is 3. The first-order chi connectivity index (χ1) is 22.2. The number of benzene rings is 1. The number of hydrogen-bond acceptors (Lipinski definition) is 7. The maximum atomic E-state index is 13.7. The van der Waals surface area contributed by atoms with Crippen molar-refractivity contribution in [2.75, 3.05) is 4.90 Å². The van der Waals surface area contributed by atoms with Gasteiger partial charge < -0.3 is 19.9 Å². The lowest BCUT2D eigenvalue weighted by Crippen LogP contribution is -2.49. The number of amides is 2. The summed E-state index contributed by atoms with van der Waals surface area (Å²) in [6.45, 7) is 5.69. The number of halogens is 6. The highest BCUT2D eigenvalue weighted by Gasteiger charge is 2.39. The number of aliphatic carboxylic acids is 2. The zero-order valence-corrected chi connectivity index (χ0v) is 25.3. The second kappa shape index (κ2) is 16.2. The molecule has 4 aromatic rings. The van der Waals surface area contributed by atoms with E-state index in [0.29, 0.717) is 11.3 Å². The van der Waals surface area contributed by atoms with Crippen LogP contribution in [-0.2, 0) is 14.4 Å². The van der Waals surface area contributed by atoms with Gasteiger partial charge in [-0.1, -0.05) is 18.2 Å². The van der Waals surface area contributed by atoms with Crippen LogP contribution in [0.5, 0.6) is 0 Å². The summed E-state index contributed by atoms with van der Waals surface area (Å²) in [5, 5.41) is 17.3. The van der Waals surface area contributed by atoms with Crippen molar-refractivity contribution in [2.24, 2.45) is 0 Å². The van der Waals surface area contributed by atoms with E-state index in [0.717, 1.165) is 11.1 Å². The lowest BCUT2D eigenvalue weighted by molar-refractivity contribution is -0.193. The molecule has 11 nitrogen and oxygen atoms in total. The molecule has 0 radical (unpaired) electrons. The monoisotopic (exact) mass is 682 g/mol. The molecule has 0 aliphatic carbocycles. The summed E-state index contributed by atoms with van der Waals surface area (Å²) < 4.78 is 68.9. The normalized spacial score (nSPS) is 11.9. The first kappa shape index (κ1) is 38.4. The van der Waals surface area contributed by atoms with Gasteiger partial charge in [-0.05, 0) is 74.4 Å². The summed E-state index contributed by atoms with van der Waals surface area (Å²) in [4.78, 5) is 54.7. The lowest BCUT2D eigenvalue weighted by atomic mass is 10.0. The molecule has 0 spiro atoms. The van der Waals surface area contributed by atoms with Crippen molar-refractivity contribution in [1.82, 2.24) is 15.3 Å². The third-order valence-corrected chi connectivity index (χ3v) is 5.60. The number of anilines is 1. The number of aromatic nitrogens is 2. The molecule has 0 fully saturated rings. The average molecular weight is 683 g/mol. The van der Waals surface area contributed by atoms with Gasteiger partial charge in [0.2, 0.25) is 5.91 Å². The molecular weight excluding hydrogens is 654 g/mol. The van der Waals surface area contributed by atoms with Gasteiger partial charge in [0, 0.05) is 41.6 Å². The summed E-state index contributed by atoms with van der Waals surface area (Å²) in [5.41, 5.74) is 2.61. The first-order valence-electron chi connectivity index (χ1n) is 13.4. The molecule has 1 unspecified atom stereocenters. The molecule has 0 aliphatic rings. The molecule has 48 heavy (non-hydrogen) atoms. The summed E-state index contributed by atoms with van der Waals surface area (Å²) in [6, 6.07) is 17.1. The lowest BCUT2D eigenvalue weighted by Gasteiger charge is -2.33. The molecule has 256 valence electrons. The molecule has 3 heterocycles. The maximum absolute atomic E-state index is 13.7. The maximum Gasteiger partial charge on any atom is 0.490 e. The number of furan rings is 1. The third kappa shape index (κ3) is 11.9. The standard InChI is InChI=1S/C27H26N4O3.2C2HF3O2/c1-27(2,3)30-25(32)24(21-6-4-14-29-18-21)31(26(33)23-7-5-17-34-23)22-10-8-19(9-11-22)20-12-15-28-16-13-20;2*3-2(4,5)1(6)7/h4-18,24H,1-3H3,(H,30,32);2*(H,6,7). The fourth-order valence-corrected chi connectivity index (χ4v) is 3.65. The van der Waals surface area contributed by atoms with Gasteiger partial charge >= 0.3 is 24.3 Å². The smallest absolute Gasteiger partial charge is 0.475 e. The highest BCUT2D eigenvalue weighted by atomic mass is 19.4. The van der Waals surface area contributed by atoms with Crippen LogP contribution in [0.15, 0.2) is 96.1 Å². The molecule has 4 rings (SSSR count). The number of alkyl halides is 6. The summed E-state index contributed by atoms with van der Waals surface area (Å²) in [5.74, 6) is -6.13. The van der Waals surface area contributed by atoms with Gasteiger partial charge in [-0.2, -0.15) is 26.3 Å². The number of nitrogens with one attached hydrogen (secondary N) is 1. The minimum atomic E-state index is -5.08. The highest BCUT2D eigenvalue weighted by molar-refractivity contribution is 6.08. The van der Waals surface area contributed by atoms with E-state index in [4.69, 9.17) is 24.2 Å². The number of pyridine rings is 2. The van der Waals surface area contributed by atoms with Gasteiger partial charge in [0.25, 0.3) is 5.91 Å². The molecule has 3 aromatic heterocycles. The molecule has 1 aromatic carbocycles. The van der Waals surface area contributed by atoms with Gasteiger partial charge in [0.1, 0.15) is 6.04 Å². The second-order valence-corrected chi connectivity index (χ2v) is 10.5.